The van der Waals surface area contributed by atoms with Crippen molar-refractivity contribution in [3.05, 3.63) is 48.0 Å². The van der Waals surface area contributed by atoms with Crippen LogP contribution >= 0.6 is 0 Å². The van der Waals surface area contributed by atoms with E-state index in [0.717, 1.165) is 37.7 Å². The Labute approximate surface area is 167 Å². The fourth-order valence-electron chi connectivity index (χ4n) is 2.83. The number of carbonyl (C=O) groups is 2. The van der Waals surface area contributed by atoms with Crippen molar-refractivity contribution in [1.82, 2.24) is 0 Å². The first-order valence-corrected chi connectivity index (χ1v) is 9.08. The fourth-order valence-corrected chi connectivity index (χ4v) is 2.83. The van der Waals surface area contributed by atoms with E-state index in [0.29, 0.717) is 6.42 Å². The number of alkyl halides is 3. The number of unbranched alkanes of at least 4 members (excludes halogenated alkanes) is 1. The van der Waals surface area contributed by atoms with Crippen LogP contribution in [0.15, 0.2) is 36.9 Å². The molecule has 4 N–H and O–H groups in total. The van der Waals surface area contributed by atoms with Gasteiger partial charge in [0.2, 0.25) is 0 Å². The van der Waals surface area contributed by atoms with Crippen LogP contribution in [0.4, 0.5) is 13.2 Å². The Kier molecular flexibility index (Phi) is 9.37. The summed E-state index contributed by atoms with van der Waals surface area (Å²) in [6.07, 6.45) is 2.22. The number of benzene rings is 1. The molecule has 1 saturated heterocycles. The van der Waals surface area contributed by atoms with Crippen LogP contribution in [0.1, 0.15) is 43.2 Å². The third kappa shape index (κ3) is 9.27. The number of nitrogens with two attached hydrogens (primary N) is 1. The van der Waals surface area contributed by atoms with E-state index in [1.165, 1.54) is 5.56 Å². The van der Waals surface area contributed by atoms with E-state index in [2.05, 4.69) is 6.58 Å². The number of allylic oxidation sites excluding steroid dienone is 1. The van der Waals surface area contributed by atoms with Crippen molar-refractivity contribution >= 4 is 17.8 Å². The maximum absolute atomic E-state index is 11.5. The van der Waals surface area contributed by atoms with Gasteiger partial charge in [-0.15, -0.1) is 6.58 Å². The summed E-state index contributed by atoms with van der Waals surface area (Å²) in [5.41, 5.74) is 7.44. The number of carbonyl (C=O) groups excluding carboxylic acids is 1. The summed E-state index contributed by atoms with van der Waals surface area (Å²) >= 11 is 0. The molecule has 0 aromatic heterocycles. The Morgan fingerprint density at radius 1 is 1.31 bits per heavy atom. The van der Waals surface area contributed by atoms with Crippen molar-refractivity contribution in [2.75, 3.05) is 0 Å². The number of aryl methyl sites for hydroxylation is 1. The predicted molar refractivity (Wildman–Crippen MR) is 102 cm³/mol. The molecule has 0 radical (unpaired) electrons. The zero-order valence-electron chi connectivity index (χ0n) is 15.9. The summed E-state index contributed by atoms with van der Waals surface area (Å²) in [4.78, 5) is 20.4. The van der Waals surface area contributed by atoms with Gasteiger partial charge in [-0.1, -0.05) is 30.3 Å². The molecule has 0 bridgehead atoms. The quantitative estimate of drug-likeness (QED) is 0.206. The average molecular weight is 414 g/mol. The minimum atomic E-state index is -5.08. The highest BCUT2D eigenvalue weighted by Crippen LogP contribution is 2.25. The largest absolute Gasteiger partial charge is 0.490 e. The van der Waals surface area contributed by atoms with Crippen molar-refractivity contribution in [2.45, 2.75) is 50.8 Å². The van der Waals surface area contributed by atoms with Gasteiger partial charge in [0.15, 0.2) is 0 Å². The van der Waals surface area contributed by atoms with Gasteiger partial charge >= 0.3 is 18.1 Å². The minimum Gasteiger partial charge on any atom is -0.475 e. The molecule has 1 aliphatic heterocycles. The van der Waals surface area contributed by atoms with Gasteiger partial charge in [-0.25, -0.2) is 4.79 Å². The summed E-state index contributed by atoms with van der Waals surface area (Å²) in [5.74, 6) is -2.48. The van der Waals surface area contributed by atoms with Crippen molar-refractivity contribution in [3.63, 3.8) is 0 Å². The number of cyclic esters (lactones) is 1. The standard InChI is InChI=1S/C18H24N2O2.C2HF3O2/c1-2-13-11-16(22-17(21)12-13)6-4-3-5-14-7-9-15(10-8-14)18(19)20;3-2(4,5)1(6)7/h2,7-10,13,16H,1,3-6,11-12H2,(H3,19,20);(H,6,7)/t13-,16+;/m1./s1. The lowest BCUT2D eigenvalue weighted by molar-refractivity contribution is -0.192. The number of carboxylic acid groups (broad SMARTS) is 1. The number of hydrogen-bond acceptors (Lipinski definition) is 4. The Hall–Kier alpha value is -2.84. The molecule has 1 aromatic carbocycles. The number of halogens is 3. The second kappa shape index (κ2) is 11.2. The molecular weight excluding hydrogens is 389 g/mol. The number of ether oxygens (including phenoxy) is 1. The summed E-state index contributed by atoms with van der Waals surface area (Å²) in [7, 11) is 0. The van der Waals surface area contributed by atoms with Crippen molar-refractivity contribution in [1.29, 1.82) is 5.41 Å². The molecule has 29 heavy (non-hydrogen) atoms. The highest BCUT2D eigenvalue weighted by molar-refractivity contribution is 5.94. The van der Waals surface area contributed by atoms with Crippen LogP contribution in [-0.4, -0.2) is 35.2 Å². The lowest BCUT2D eigenvalue weighted by Crippen LogP contribution is -2.28. The second-order valence-electron chi connectivity index (χ2n) is 6.71. The third-order valence-corrected chi connectivity index (χ3v) is 4.37. The van der Waals surface area contributed by atoms with Crippen LogP contribution in [0.25, 0.3) is 0 Å². The second-order valence-corrected chi connectivity index (χ2v) is 6.71. The zero-order valence-corrected chi connectivity index (χ0v) is 15.9. The molecule has 2 rings (SSSR count). The van der Waals surface area contributed by atoms with E-state index in [-0.39, 0.29) is 23.8 Å². The average Bonchev–Trinajstić information content (AvgIpc) is 2.65. The summed E-state index contributed by atoms with van der Waals surface area (Å²) < 4.78 is 37.1. The number of esters is 1. The molecule has 2 atom stereocenters. The number of nitrogen functional groups attached to an aromatic ring is 1. The van der Waals surface area contributed by atoms with Crippen molar-refractivity contribution in [2.24, 2.45) is 11.7 Å². The molecule has 6 nitrogen and oxygen atoms in total. The van der Waals surface area contributed by atoms with Crippen LogP contribution in [0.3, 0.4) is 0 Å². The molecule has 0 aliphatic carbocycles. The molecule has 1 aliphatic rings. The molecule has 1 fully saturated rings. The third-order valence-electron chi connectivity index (χ3n) is 4.37. The SMILES string of the molecule is C=C[C@H]1CC(=O)O[C@@H](CCCCc2ccc(C(=N)N)cc2)C1.O=C(O)C(F)(F)F. The van der Waals surface area contributed by atoms with E-state index in [1.54, 1.807) is 0 Å². The highest BCUT2D eigenvalue weighted by atomic mass is 19.4. The van der Waals surface area contributed by atoms with Gasteiger partial charge < -0.3 is 15.6 Å². The molecule has 160 valence electrons. The number of rotatable bonds is 7. The number of hydrogen-bond donors (Lipinski definition) is 3. The summed E-state index contributed by atoms with van der Waals surface area (Å²) in [6, 6.07) is 7.81. The highest BCUT2D eigenvalue weighted by Gasteiger charge is 2.38. The number of aliphatic carboxylic acids is 1. The smallest absolute Gasteiger partial charge is 0.475 e. The zero-order chi connectivity index (χ0) is 22.0. The molecule has 0 amide bonds. The Bertz CT molecular complexity index is 717. The van der Waals surface area contributed by atoms with Crippen LogP contribution in [-0.2, 0) is 20.7 Å². The molecular formula is C20H25F3N2O4. The van der Waals surface area contributed by atoms with Gasteiger partial charge in [-0.2, -0.15) is 13.2 Å². The fraction of sp³-hybridized carbons (Fsp3) is 0.450. The minimum absolute atomic E-state index is 0.0457. The van der Waals surface area contributed by atoms with Crippen LogP contribution in [0.5, 0.6) is 0 Å². The summed E-state index contributed by atoms with van der Waals surface area (Å²) in [6.45, 7) is 3.78. The first-order valence-electron chi connectivity index (χ1n) is 9.08. The first kappa shape index (κ1) is 24.2. The molecule has 9 heteroatoms. The van der Waals surface area contributed by atoms with Crippen molar-refractivity contribution in [3.8, 4) is 0 Å². The monoisotopic (exact) mass is 414 g/mol. The van der Waals surface area contributed by atoms with E-state index in [1.807, 2.05) is 30.3 Å². The predicted octanol–water partition coefficient (Wildman–Crippen LogP) is 3.82. The maximum atomic E-state index is 11.5. The number of amidine groups is 1. The van der Waals surface area contributed by atoms with E-state index in [4.69, 9.17) is 25.8 Å². The van der Waals surface area contributed by atoms with E-state index < -0.39 is 12.1 Å². The number of nitrogens with one attached hydrogen (secondary N) is 1. The number of carboxylic acids is 1. The van der Waals surface area contributed by atoms with Crippen LogP contribution in [0, 0.1) is 11.3 Å². The lowest BCUT2D eigenvalue weighted by atomic mass is 9.92. The van der Waals surface area contributed by atoms with Crippen molar-refractivity contribution < 1.29 is 32.6 Å². The summed E-state index contributed by atoms with van der Waals surface area (Å²) in [5, 5.41) is 14.5. The van der Waals surface area contributed by atoms with Crippen LogP contribution < -0.4 is 5.73 Å². The molecule has 0 unspecified atom stereocenters. The normalized spacial score (nSPS) is 18.8. The molecule has 0 saturated carbocycles. The Morgan fingerprint density at radius 3 is 2.38 bits per heavy atom. The maximum Gasteiger partial charge on any atom is 0.490 e. The van der Waals surface area contributed by atoms with Crippen LogP contribution in [0.2, 0.25) is 0 Å². The van der Waals surface area contributed by atoms with E-state index >= 15 is 0 Å². The van der Waals surface area contributed by atoms with Gasteiger partial charge in [0, 0.05) is 5.56 Å². The first-order chi connectivity index (χ1) is 13.5. The van der Waals surface area contributed by atoms with E-state index in [9.17, 15) is 18.0 Å². The van der Waals surface area contributed by atoms with Gasteiger partial charge in [-0.05, 0) is 43.6 Å². The molecule has 1 aromatic rings. The molecule has 0 spiro atoms. The Balaban J connectivity index is 0.000000516. The Morgan fingerprint density at radius 2 is 1.90 bits per heavy atom. The van der Waals surface area contributed by atoms with Gasteiger partial charge in [0.05, 0.1) is 6.42 Å². The topological polar surface area (TPSA) is 113 Å². The van der Waals surface area contributed by atoms with Gasteiger partial charge in [-0.3, -0.25) is 10.2 Å². The molecule has 1 heterocycles. The lowest BCUT2D eigenvalue weighted by Gasteiger charge is -2.27. The van der Waals surface area contributed by atoms with Gasteiger partial charge in [0.1, 0.15) is 11.9 Å². The van der Waals surface area contributed by atoms with Gasteiger partial charge in [0.25, 0.3) is 0 Å².